The summed E-state index contributed by atoms with van der Waals surface area (Å²) in [5.74, 6) is 0. The summed E-state index contributed by atoms with van der Waals surface area (Å²) in [5.41, 5.74) is 0.476. The molecule has 1 aliphatic heterocycles. The number of epoxide rings is 1. The summed E-state index contributed by atoms with van der Waals surface area (Å²) in [4.78, 5) is 0. The van der Waals surface area contributed by atoms with Gasteiger partial charge in [0.15, 0.2) is 0 Å². The molecule has 0 saturated carbocycles. The molecule has 1 saturated heterocycles. The highest BCUT2D eigenvalue weighted by Gasteiger charge is 2.51. The van der Waals surface area contributed by atoms with Crippen molar-refractivity contribution in [3.63, 3.8) is 0 Å². The molecule has 0 N–H and O–H groups in total. The molecule has 3 nitrogen and oxygen atoms in total. The van der Waals surface area contributed by atoms with Gasteiger partial charge in [0.25, 0.3) is 0 Å². The van der Waals surface area contributed by atoms with E-state index in [0.29, 0.717) is 12.2 Å². The number of hydrogen-bond acceptors (Lipinski definition) is 2. The molecule has 2 atom stereocenters. The highest BCUT2D eigenvalue weighted by molar-refractivity contribution is 9.11. The Morgan fingerprint density at radius 2 is 1.89 bits per heavy atom. The van der Waals surface area contributed by atoms with Crippen molar-refractivity contribution in [2.45, 2.75) is 32.0 Å². The Balaban J connectivity index is 2.13. The van der Waals surface area contributed by atoms with Crippen molar-refractivity contribution < 1.29 is 9.94 Å². The van der Waals surface area contributed by atoms with Crippen LogP contribution in [0.3, 0.4) is 0 Å². The smallest absolute Gasteiger partial charge is 0.107 e. The van der Waals surface area contributed by atoms with E-state index in [1.807, 2.05) is 19.1 Å². The topological polar surface area (TPSA) is 35.7 Å². The van der Waals surface area contributed by atoms with Gasteiger partial charge >= 0.3 is 0 Å². The highest BCUT2D eigenvalue weighted by Crippen LogP contribution is 2.42. The molecule has 1 fully saturated rings. The minimum absolute atomic E-state index is 0.0162. The fourth-order valence-electron chi connectivity index (χ4n) is 1.85. The van der Waals surface area contributed by atoms with Crippen LogP contribution >= 0.6 is 47.8 Å². The van der Waals surface area contributed by atoms with Crippen molar-refractivity contribution in [2.75, 3.05) is 11.6 Å². The van der Waals surface area contributed by atoms with Crippen molar-refractivity contribution in [2.24, 2.45) is 0 Å². The summed E-state index contributed by atoms with van der Waals surface area (Å²) >= 11 is 10.2. The Hall–Kier alpha value is 0.380. The number of ether oxygens (including phenoxy) is 1. The van der Waals surface area contributed by atoms with Gasteiger partial charge in [-0.1, -0.05) is 28.1 Å². The van der Waals surface area contributed by atoms with Crippen molar-refractivity contribution in [3.05, 3.63) is 25.6 Å². The molecule has 18 heavy (non-hydrogen) atoms. The van der Waals surface area contributed by atoms with Crippen LogP contribution in [0.5, 0.6) is 0 Å². The van der Waals surface area contributed by atoms with Gasteiger partial charge in [-0.05, 0) is 57.3 Å². The van der Waals surface area contributed by atoms with Crippen molar-refractivity contribution >= 4 is 53.5 Å². The maximum Gasteiger partial charge on any atom is 0.107 e. The maximum absolute atomic E-state index is 12.2. The van der Waals surface area contributed by atoms with Gasteiger partial charge in [-0.25, -0.2) is 5.06 Å². The molecule has 0 aromatic heterocycles. The molecule has 6 heteroatoms. The predicted octanol–water partition coefficient (Wildman–Crippen LogP) is 4.69. The first kappa shape index (κ1) is 14.8. The highest BCUT2D eigenvalue weighted by atomic mass is 79.9. The molecule has 2 unspecified atom stereocenters. The van der Waals surface area contributed by atoms with Crippen LogP contribution in [0, 0.1) is 0 Å². The van der Waals surface area contributed by atoms with Crippen LogP contribution in [0.25, 0.3) is 0 Å². The van der Waals surface area contributed by atoms with Gasteiger partial charge in [-0.15, -0.1) is 0 Å². The molecule has 1 radical (unpaired) electrons. The van der Waals surface area contributed by atoms with Gasteiger partial charge < -0.3 is 4.74 Å². The molecule has 0 amide bonds. The summed E-state index contributed by atoms with van der Waals surface area (Å²) in [5, 5.41) is 13.2. The van der Waals surface area contributed by atoms with Crippen molar-refractivity contribution in [1.29, 1.82) is 0 Å². The van der Waals surface area contributed by atoms with Crippen LogP contribution in [0.1, 0.15) is 20.3 Å². The number of hydrogen-bond donors (Lipinski definition) is 0. The van der Waals surface area contributed by atoms with Gasteiger partial charge in [0, 0.05) is 13.4 Å². The van der Waals surface area contributed by atoms with E-state index in [1.54, 1.807) is 0 Å². The van der Waals surface area contributed by atoms with E-state index in [2.05, 4.69) is 54.7 Å². The maximum atomic E-state index is 12.2. The number of halogens is 3. The summed E-state index contributed by atoms with van der Waals surface area (Å²) in [6.07, 6.45) is 0.941. The Morgan fingerprint density at radius 3 is 2.33 bits per heavy atom. The van der Waals surface area contributed by atoms with Crippen molar-refractivity contribution in [1.82, 2.24) is 0 Å². The van der Waals surface area contributed by atoms with E-state index in [0.717, 1.165) is 24.9 Å². The van der Waals surface area contributed by atoms with Crippen LogP contribution in [-0.2, 0) is 9.94 Å². The fraction of sp³-hybridized carbons (Fsp3) is 0.500. The zero-order chi connectivity index (χ0) is 13.5. The van der Waals surface area contributed by atoms with Crippen molar-refractivity contribution in [3.8, 4) is 0 Å². The van der Waals surface area contributed by atoms with Gasteiger partial charge in [-0.3, -0.25) is 0 Å². The SMILES string of the molecule is CCC1(C)OC1CN([O])c1c(Br)cc(Br)cc1Br. The number of benzene rings is 1. The first-order valence-corrected chi connectivity index (χ1v) is 8.02. The van der Waals surface area contributed by atoms with E-state index in [4.69, 9.17) is 4.74 Å². The molecular formula is C12H13Br3NO2. The minimum atomic E-state index is -0.128. The van der Waals surface area contributed by atoms with Gasteiger partial charge in [0.05, 0.1) is 17.8 Å². The molecule has 99 valence electrons. The third-order valence-corrected chi connectivity index (χ3v) is 4.97. The Kier molecular flexibility index (Phi) is 4.44. The Labute approximate surface area is 132 Å². The van der Waals surface area contributed by atoms with Crippen LogP contribution in [0.15, 0.2) is 25.6 Å². The summed E-state index contributed by atoms with van der Waals surface area (Å²) in [7, 11) is 0. The van der Waals surface area contributed by atoms with Gasteiger partial charge in [-0.2, -0.15) is 0 Å². The molecule has 1 aromatic carbocycles. The van der Waals surface area contributed by atoms with E-state index in [9.17, 15) is 5.21 Å². The second-order valence-corrected chi connectivity index (χ2v) is 7.18. The monoisotopic (exact) mass is 440 g/mol. The van der Waals surface area contributed by atoms with Crippen LogP contribution in [0.4, 0.5) is 5.69 Å². The summed E-state index contributed by atoms with van der Waals surface area (Å²) < 4.78 is 8.01. The normalized spacial score (nSPS) is 26.2. The number of hydroxylamine groups is 1. The standard InChI is InChI=1S/C12H13Br3NO2/c1-3-12(2)10(18-12)6-16(17)11-8(14)4-7(13)5-9(11)15/h4-5,10H,3,6H2,1-2H3. The lowest BCUT2D eigenvalue weighted by atomic mass is 10.1. The molecule has 0 spiro atoms. The zero-order valence-electron chi connectivity index (χ0n) is 10.0. The summed E-state index contributed by atoms with van der Waals surface area (Å²) in [6.45, 7) is 4.46. The lowest BCUT2D eigenvalue weighted by Gasteiger charge is -2.17. The number of rotatable bonds is 4. The number of nitrogens with zero attached hydrogens (tertiary/aromatic N) is 1. The molecule has 1 aromatic rings. The first-order chi connectivity index (χ1) is 8.37. The van der Waals surface area contributed by atoms with Gasteiger partial charge in [0.2, 0.25) is 0 Å². The lowest BCUT2D eigenvalue weighted by Crippen LogP contribution is -2.26. The molecule has 0 aliphatic carbocycles. The summed E-state index contributed by atoms with van der Waals surface area (Å²) in [6, 6.07) is 3.72. The third kappa shape index (κ3) is 2.93. The van der Waals surface area contributed by atoms with E-state index in [1.165, 1.54) is 0 Å². The molecule has 1 heterocycles. The molecule has 1 aliphatic rings. The minimum Gasteiger partial charge on any atom is -0.364 e. The third-order valence-electron chi connectivity index (χ3n) is 3.30. The van der Waals surface area contributed by atoms with Gasteiger partial charge in [0.1, 0.15) is 6.10 Å². The lowest BCUT2D eigenvalue weighted by molar-refractivity contribution is 0.150. The average Bonchev–Trinajstić information content (AvgIpc) is 2.88. The zero-order valence-corrected chi connectivity index (χ0v) is 14.8. The fourth-order valence-corrected chi connectivity index (χ4v) is 4.50. The first-order valence-electron chi connectivity index (χ1n) is 5.64. The molecule has 2 rings (SSSR count). The van der Waals surface area contributed by atoms with E-state index < -0.39 is 0 Å². The second kappa shape index (κ2) is 5.40. The van der Waals surface area contributed by atoms with Crippen LogP contribution in [0.2, 0.25) is 0 Å². The van der Waals surface area contributed by atoms with E-state index in [-0.39, 0.29) is 11.7 Å². The quantitative estimate of drug-likeness (QED) is 0.500. The van der Waals surface area contributed by atoms with E-state index >= 15 is 0 Å². The Morgan fingerprint density at radius 1 is 1.33 bits per heavy atom. The van der Waals surface area contributed by atoms with Crippen LogP contribution < -0.4 is 5.06 Å². The molecule has 0 bridgehead atoms. The second-order valence-electron chi connectivity index (χ2n) is 4.55. The van der Waals surface area contributed by atoms with Crippen LogP contribution in [-0.4, -0.2) is 18.2 Å². The Bertz CT molecular complexity index is 446. The number of anilines is 1. The molecular weight excluding hydrogens is 430 g/mol. The average molecular weight is 443 g/mol. The largest absolute Gasteiger partial charge is 0.364 e. The predicted molar refractivity (Wildman–Crippen MR) is 81.1 cm³/mol.